The average molecular weight is 456 g/mol. The van der Waals surface area contributed by atoms with Gasteiger partial charge in [0.15, 0.2) is 0 Å². The zero-order chi connectivity index (χ0) is 21.5. The average Bonchev–Trinajstić information content (AvgIpc) is 3.25. The van der Waals surface area contributed by atoms with Crippen LogP contribution in [0.5, 0.6) is 0 Å². The number of rotatable bonds is 8. The molecular weight excluding hydrogens is 430 g/mol. The van der Waals surface area contributed by atoms with Gasteiger partial charge in [-0.1, -0.05) is 48.2 Å². The zero-order valence-electron chi connectivity index (χ0n) is 17.4. The minimum atomic E-state index is -0.110. The second-order valence-electron chi connectivity index (χ2n) is 7.11. The maximum Gasteiger partial charge on any atom is 0.236 e. The van der Waals surface area contributed by atoms with Crippen molar-refractivity contribution in [3.63, 3.8) is 0 Å². The Bertz CT molecular complexity index is 990. The maximum absolute atomic E-state index is 12.3. The summed E-state index contributed by atoms with van der Waals surface area (Å²) in [6.07, 6.45) is 3.46. The topological polar surface area (TPSA) is 87.1 Å². The van der Waals surface area contributed by atoms with E-state index in [-0.39, 0.29) is 11.7 Å². The summed E-state index contributed by atoms with van der Waals surface area (Å²) in [4.78, 5) is 25.7. The third-order valence-corrected chi connectivity index (χ3v) is 6.70. The van der Waals surface area contributed by atoms with E-state index in [0.717, 1.165) is 54.9 Å². The highest BCUT2D eigenvalue weighted by Crippen LogP contribution is 2.23. The van der Waals surface area contributed by atoms with Gasteiger partial charge in [-0.2, -0.15) is 0 Å². The Morgan fingerprint density at radius 1 is 1.10 bits per heavy atom. The van der Waals surface area contributed by atoms with Gasteiger partial charge < -0.3 is 9.80 Å². The molecule has 1 aliphatic heterocycles. The van der Waals surface area contributed by atoms with Gasteiger partial charge in [0.25, 0.3) is 0 Å². The van der Waals surface area contributed by atoms with Crippen LogP contribution < -0.4 is 15.1 Å². The van der Waals surface area contributed by atoms with E-state index in [9.17, 15) is 4.79 Å². The summed E-state index contributed by atoms with van der Waals surface area (Å²) in [7, 11) is 0. The Hall–Kier alpha value is -2.72. The molecule has 0 radical (unpaired) electrons. The van der Waals surface area contributed by atoms with Gasteiger partial charge >= 0.3 is 0 Å². The molecule has 1 fully saturated rings. The van der Waals surface area contributed by atoms with Crippen LogP contribution in [0.4, 0.5) is 16.6 Å². The molecule has 1 amide bonds. The number of anilines is 3. The van der Waals surface area contributed by atoms with E-state index in [2.05, 4.69) is 66.5 Å². The SMILES string of the molecule is CCCc1nnc(NC(=O)CSc2cc(N3CCN(c4ccccc4)CC3)ncn2)s1. The fourth-order valence-corrected chi connectivity index (χ4v) is 4.85. The molecule has 8 nitrogen and oxygen atoms in total. The van der Waals surface area contributed by atoms with Gasteiger partial charge in [-0.05, 0) is 18.6 Å². The second kappa shape index (κ2) is 10.5. The molecule has 10 heteroatoms. The first-order chi connectivity index (χ1) is 15.2. The Balaban J connectivity index is 1.28. The van der Waals surface area contributed by atoms with Crippen molar-refractivity contribution < 1.29 is 4.79 Å². The first-order valence-corrected chi connectivity index (χ1v) is 12.1. The lowest BCUT2D eigenvalue weighted by atomic mass is 10.2. The summed E-state index contributed by atoms with van der Waals surface area (Å²) in [5.41, 5.74) is 1.25. The summed E-state index contributed by atoms with van der Waals surface area (Å²) >= 11 is 2.82. The molecule has 1 aromatic carbocycles. The Morgan fingerprint density at radius 2 is 1.87 bits per heavy atom. The summed E-state index contributed by atoms with van der Waals surface area (Å²) < 4.78 is 0. The molecule has 31 heavy (non-hydrogen) atoms. The number of piperazine rings is 1. The first kappa shape index (κ1) is 21.5. The molecule has 3 aromatic rings. The quantitative estimate of drug-likeness (QED) is 0.409. The minimum absolute atomic E-state index is 0.110. The van der Waals surface area contributed by atoms with E-state index in [1.165, 1.54) is 28.8 Å². The zero-order valence-corrected chi connectivity index (χ0v) is 19.0. The number of benzene rings is 1. The summed E-state index contributed by atoms with van der Waals surface area (Å²) in [5, 5.41) is 13.2. The number of aryl methyl sites for hydroxylation is 1. The Morgan fingerprint density at radius 3 is 2.65 bits per heavy atom. The van der Waals surface area contributed by atoms with Gasteiger partial charge in [-0.15, -0.1) is 10.2 Å². The van der Waals surface area contributed by atoms with Crippen molar-refractivity contribution in [2.45, 2.75) is 24.8 Å². The van der Waals surface area contributed by atoms with Crippen molar-refractivity contribution in [3.8, 4) is 0 Å². The van der Waals surface area contributed by atoms with Crippen molar-refractivity contribution in [1.82, 2.24) is 20.2 Å². The smallest absolute Gasteiger partial charge is 0.236 e. The van der Waals surface area contributed by atoms with E-state index >= 15 is 0 Å². The molecule has 1 saturated heterocycles. The lowest BCUT2D eigenvalue weighted by Gasteiger charge is -2.36. The highest BCUT2D eigenvalue weighted by atomic mass is 32.2. The van der Waals surface area contributed by atoms with Crippen LogP contribution in [0, 0.1) is 0 Å². The number of amides is 1. The number of nitrogens with zero attached hydrogens (tertiary/aromatic N) is 6. The van der Waals surface area contributed by atoms with Crippen LogP contribution >= 0.6 is 23.1 Å². The standard InChI is InChI=1S/C21H25N7OS2/c1-2-6-19-25-26-21(31-19)24-18(29)14-30-20-13-17(22-15-23-20)28-11-9-27(10-12-28)16-7-4-3-5-8-16/h3-5,7-8,13,15H,2,6,9-12,14H2,1H3,(H,24,26,29). The van der Waals surface area contributed by atoms with E-state index in [1.54, 1.807) is 6.33 Å². The monoisotopic (exact) mass is 455 g/mol. The van der Waals surface area contributed by atoms with E-state index in [4.69, 9.17) is 0 Å². The van der Waals surface area contributed by atoms with Gasteiger partial charge in [0.2, 0.25) is 11.0 Å². The molecule has 2 aromatic heterocycles. The Kier molecular flexibility index (Phi) is 7.31. The molecule has 0 unspecified atom stereocenters. The van der Waals surface area contributed by atoms with Crippen LogP contribution in [0.1, 0.15) is 18.4 Å². The lowest BCUT2D eigenvalue weighted by molar-refractivity contribution is -0.113. The van der Waals surface area contributed by atoms with Crippen LogP contribution in [0.3, 0.4) is 0 Å². The number of thioether (sulfide) groups is 1. The lowest BCUT2D eigenvalue weighted by Crippen LogP contribution is -2.46. The van der Waals surface area contributed by atoms with Crippen LogP contribution in [0.25, 0.3) is 0 Å². The highest BCUT2D eigenvalue weighted by molar-refractivity contribution is 7.99. The predicted octanol–water partition coefficient (Wildman–Crippen LogP) is 3.34. The Labute approximate surface area is 190 Å². The molecule has 0 atom stereocenters. The van der Waals surface area contributed by atoms with Crippen LogP contribution in [-0.2, 0) is 11.2 Å². The first-order valence-electron chi connectivity index (χ1n) is 10.3. The van der Waals surface area contributed by atoms with Crippen molar-refractivity contribution in [3.05, 3.63) is 47.7 Å². The molecule has 4 rings (SSSR count). The van der Waals surface area contributed by atoms with Gasteiger partial charge in [-0.25, -0.2) is 9.97 Å². The van der Waals surface area contributed by atoms with E-state index in [1.807, 2.05) is 12.1 Å². The van der Waals surface area contributed by atoms with Crippen LogP contribution in [0.2, 0.25) is 0 Å². The van der Waals surface area contributed by atoms with E-state index in [0.29, 0.717) is 5.13 Å². The van der Waals surface area contributed by atoms with Crippen LogP contribution in [0.15, 0.2) is 47.8 Å². The van der Waals surface area contributed by atoms with Crippen molar-refractivity contribution >= 4 is 45.6 Å². The van der Waals surface area contributed by atoms with Crippen molar-refractivity contribution in [2.24, 2.45) is 0 Å². The van der Waals surface area contributed by atoms with E-state index < -0.39 is 0 Å². The number of aromatic nitrogens is 4. The number of carbonyl (C=O) groups is 1. The van der Waals surface area contributed by atoms with Crippen LogP contribution in [-0.4, -0.2) is 58.0 Å². The molecular formula is C21H25N7OS2. The molecule has 162 valence electrons. The van der Waals surface area contributed by atoms with Crippen molar-refractivity contribution in [1.29, 1.82) is 0 Å². The summed E-state index contributed by atoms with van der Waals surface area (Å²) in [6.45, 7) is 5.78. The van der Waals surface area contributed by atoms with Crippen molar-refractivity contribution in [2.75, 3.05) is 47.0 Å². The van der Waals surface area contributed by atoms with Gasteiger partial charge in [0.05, 0.1) is 5.75 Å². The fourth-order valence-electron chi connectivity index (χ4n) is 3.33. The number of para-hydroxylation sites is 1. The third kappa shape index (κ3) is 5.92. The van der Waals surface area contributed by atoms with Gasteiger partial charge in [0, 0.05) is 44.4 Å². The molecule has 0 saturated carbocycles. The highest BCUT2D eigenvalue weighted by Gasteiger charge is 2.19. The number of nitrogens with one attached hydrogen (secondary N) is 1. The summed E-state index contributed by atoms with van der Waals surface area (Å²) in [5.74, 6) is 1.06. The van der Waals surface area contributed by atoms with Gasteiger partial charge in [-0.3, -0.25) is 10.1 Å². The number of hydrogen-bond acceptors (Lipinski definition) is 9. The molecule has 1 N–H and O–H groups in total. The molecule has 3 heterocycles. The predicted molar refractivity (Wildman–Crippen MR) is 126 cm³/mol. The second-order valence-corrected chi connectivity index (χ2v) is 9.17. The maximum atomic E-state index is 12.3. The number of hydrogen-bond donors (Lipinski definition) is 1. The molecule has 0 aliphatic carbocycles. The number of carbonyl (C=O) groups excluding carboxylic acids is 1. The fraction of sp³-hybridized carbons (Fsp3) is 0.381. The molecule has 0 bridgehead atoms. The minimum Gasteiger partial charge on any atom is -0.368 e. The normalized spacial score (nSPS) is 14.0. The third-order valence-electron chi connectivity index (χ3n) is 4.88. The molecule has 0 spiro atoms. The largest absolute Gasteiger partial charge is 0.368 e. The van der Waals surface area contributed by atoms with Gasteiger partial charge in [0.1, 0.15) is 22.2 Å². The summed E-state index contributed by atoms with van der Waals surface area (Å²) in [6, 6.07) is 12.4. The molecule has 1 aliphatic rings.